The summed E-state index contributed by atoms with van der Waals surface area (Å²) in [6.07, 6.45) is 1.30. The van der Waals surface area contributed by atoms with E-state index in [2.05, 4.69) is 27.7 Å². The van der Waals surface area contributed by atoms with E-state index in [1.165, 1.54) is 0 Å². The molecule has 0 aliphatic heterocycles. The normalized spacial score (nSPS) is 16.4. The van der Waals surface area contributed by atoms with E-state index in [9.17, 15) is 8.76 Å². The zero-order valence-corrected chi connectivity index (χ0v) is 12.3. The van der Waals surface area contributed by atoms with Crippen LogP contribution in [0.15, 0.2) is 0 Å². The summed E-state index contributed by atoms with van der Waals surface area (Å²) in [5.41, 5.74) is -0.547. The lowest BCUT2D eigenvalue weighted by molar-refractivity contribution is 0.139. The monoisotopic (exact) mass is 252 g/mol. The van der Waals surface area contributed by atoms with Crippen molar-refractivity contribution < 1.29 is 13.3 Å². The van der Waals surface area contributed by atoms with Crippen LogP contribution in [-0.2, 0) is 9.09 Å². The first-order valence-electron chi connectivity index (χ1n) is 6.13. The Kier molecular flexibility index (Phi) is 6.81. The molecule has 0 saturated heterocycles. The smallest absolute Gasteiger partial charge is 0.302 e. The summed E-state index contributed by atoms with van der Waals surface area (Å²) in [6.45, 7) is 11.5. The summed E-state index contributed by atoms with van der Waals surface area (Å²) in [4.78, 5) is 0. The quantitative estimate of drug-likeness (QED) is 0.594. The van der Waals surface area contributed by atoms with Crippen molar-refractivity contribution >= 4 is 7.68 Å². The largest absolute Gasteiger partial charge is 0.370 e. The summed E-state index contributed by atoms with van der Waals surface area (Å²) in [6, 6.07) is 0. The fourth-order valence-electron chi connectivity index (χ4n) is 1.56. The molecule has 0 spiro atoms. The van der Waals surface area contributed by atoms with Gasteiger partial charge >= 0.3 is 7.68 Å². The Labute approximate surface area is 99.5 Å². The van der Waals surface area contributed by atoms with E-state index in [1.54, 1.807) is 13.8 Å². The van der Waals surface area contributed by atoms with Gasteiger partial charge < -0.3 is 4.52 Å². The van der Waals surface area contributed by atoms with E-state index >= 15 is 0 Å². The SMILES string of the molecule is CC(C)CC(CC(C)C)OP(=O)(F)C(C)C. The Balaban J connectivity index is 4.47. The van der Waals surface area contributed by atoms with Gasteiger partial charge in [0, 0.05) is 0 Å². The third-order valence-corrected chi connectivity index (χ3v) is 4.20. The second-order valence-corrected chi connectivity index (χ2v) is 7.89. The Morgan fingerprint density at radius 2 is 1.38 bits per heavy atom. The summed E-state index contributed by atoms with van der Waals surface area (Å²) in [5, 5.41) is 0. The molecule has 4 heteroatoms. The molecule has 0 aromatic carbocycles. The predicted molar refractivity (Wildman–Crippen MR) is 67.6 cm³/mol. The van der Waals surface area contributed by atoms with Gasteiger partial charge in [-0.25, -0.2) is 0 Å². The molecule has 98 valence electrons. The van der Waals surface area contributed by atoms with Gasteiger partial charge in [0.1, 0.15) is 0 Å². The average Bonchev–Trinajstić information content (AvgIpc) is 1.99. The highest BCUT2D eigenvalue weighted by Crippen LogP contribution is 2.55. The zero-order chi connectivity index (χ0) is 12.9. The molecule has 0 bridgehead atoms. The van der Waals surface area contributed by atoms with Gasteiger partial charge in [-0.15, -0.1) is 0 Å². The third kappa shape index (κ3) is 6.65. The molecule has 0 aromatic heterocycles. The first-order chi connectivity index (χ1) is 7.15. The first-order valence-corrected chi connectivity index (χ1v) is 7.71. The number of hydrogen-bond donors (Lipinski definition) is 0. The molecule has 0 saturated carbocycles. The van der Waals surface area contributed by atoms with E-state index in [4.69, 9.17) is 4.52 Å². The summed E-state index contributed by atoms with van der Waals surface area (Å²) >= 11 is 0. The van der Waals surface area contributed by atoms with E-state index in [0.29, 0.717) is 11.8 Å². The van der Waals surface area contributed by atoms with Gasteiger partial charge in [0.05, 0.1) is 11.8 Å². The van der Waals surface area contributed by atoms with Crippen LogP contribution in [0.3, 0.4) is 0 Å². The van der Waals surface area contributed by atoms with Crippen molar-refractivity contribution in [1.29, 1.82) is 0 Å². The van der Waals surface area contributed by atoms with Crippen molar-refractivity contribution in [1.82, 2.24) is 0 Å². The van der Waals surface area contributed by atoms with Crippen LogP contribution < -0.4 is 0 Å². The minimum Gasteiger partial charge on any atom is -0.302 e. The van der Waals surface area contributed by atoms with Crippen molar-refractivity contribution in [3.8, 4) is 0 Å². The first kappa shape index (κ1) is 16.1. The Bertz CT molecular complexity index is 229. The van der Waals surface area contributed by atoms with Gasteiger partial charge in [-0.1, -0.05) is 41.5 Å². The number of hydrogen-bond acceptors (Lipinski definition) is 2. The molecule has 0 aliphatic carbocycles. The van der Waals surface area contributed by atoms with Crippen LogP contribution in [-0.4, -0.2) is 11.8 Å². The molecule has 0 fully saturated rings. The highest BCUT2D eigenvalue weighted by molar-refractivity contribution is 7.54. The zero-order valence-electron chi connectivity index (χ0n) is 11.4. The topological polar surface area (TPSA) is 26.3 Å². The minimum absolute atomic E-state index is 0.224. The van der Waals surface area contributed by atoms with Gasteiger partial charge in [-0.05, 0) is 24.7 Å². The average molecular weight is 252 g/mol. The minimum atomic E-state index is -3.93. The molecule has 1 atom stereocenters. The van der Waals surface area contributed by atoms with Crippen molar-refractivity contribution in [2.45, 2.75) is 66.1 Å². The highest BCUT2D eigenvalue weighted by atomic mass is 31.2. The summed E-state index contributed by atoms with van der Waals surface area (Å²) in [5.74, 6) is 0.854. The van der Waals surface area contributed by atoms with Gasteiger partial charge in [-0.3, -0.25) is 4.57 Å². The molecular weight excluding hydrogens is 226 g/mol. The Hall–Kier alpha value is 0.120. The van der Waals surface area contributed by atoms with Crippen LogP contribution in [0.2, 0.25) is 0 Å². The van der Waals surface area contributed by atoms with Crippen LogP contribution in [0, 0.1) is 11.8 Å². The molecule has 0 aliphatic rings. The van der Waals surface area contributed by atoms with Gasteiger partial charge in [0.15, 0.2) is 0 Å². The van der Waals surface area contributed by atoms with Gasteiger partial charge in [0.2, 0.25) is 0 Å². The fraction of sp³-hybridized carbons (Fsp3) is 1.00. The second-order valence-electron chi connectivity index (χ2n) is 5.60. The lowest BCUT2D eigenvalue weighted by Gasteiger charge is -2.24. The maximum atomic E-state index is 13.7. The molecule has 2 nitrogen and oxygen atoms in total. The standard InChI is InChI=1S/C12H26FO2P/c1-9(2)7-12(8-10(3)4)15-16(13,14)11(5)6/h9-12H,7-8H2,1-6H3. The van der Waals surface area contributed by atoms with Crippen molar-refractivity contribution in [3.05, 3.63) is 0 Å². The van der Waals surface area contributed by atoms with Crippen LogP contribution in [0.1, 0.15) is 54.4 Å². The summed E-state index contributed by atoms with van der Waals surface area (Å²) in [7, 11) is -3.93. The highest BCUT2D eigenvalue weighted by Gasteiger charge is 2.31. The molecule has 16 heavy (non-hydrogen) atoms. The van der Waals surface area contributed by atoms with Gasteiger partial charge in [-0.2, -0.15) is 4.20 Å². The van der Waals surface area contributed by atoms with Crippen molar-refractivity contribution in [2.24, 2.45) is 11.8 Å². The van der Waals surface area contributed by atoms with Crippen LogP contribution in [0.5, 0.6) is 0 Å². The second kappa shape index (κ2) is 6.76. The van der Waals surface area contributed by atoms with Crippen LogP contribution in [0.25, 0.3) is 0 Å². The van der Waals surface area contributed by atoms with Crippen LogP contribution >= 0.6 is 7.68 Å². The fourth-order valence-corrected chi connectivity index (χ4v) is 2.38. The van der Waals surface area contributed by atoms with Crippen molar-refractivity contribution in [3.63, 3.8) is 0 Å². The van der Waals surface area contributed by atoms with E-state index in [0.717, 1.165) is 12.8 Å². The molecule has 0 amide bonds. The maximum Gasteiger partial charge on any atom is 0.370 e. The van der Waals surface area contributed by atoms with E-state index in [-0.39, 0.29) is 6.10 Å². The molecule has 0 rings (SSSR count). The maximum absolute atomic E-state index is 13.7. The van der Waals surface area contributed by atoms with Crippen molar-refractivity contribution in [2.75, 3.05) is 0 Å². The number of rotatable bonds is 7. The molecule has 0 radical (unpaired) electrons. The lowest BCUT2D eigenvalue weighted by atomic mass is 9.98. The van der Waals surface area contributed by atoms with E-state index in [1.807, 2.05) is 0 Å². The summed E-state index contributed by atoms with van der Waals surface area (Å²) < 4.78 is 30.5. The molecule has 0 N–H and O–H groups in total. The molecule has 0 aromatic rings. The molecular formula is C12H26FO2P. The third-order valence-electron chi connectivity index (χ3n) is 2.38. The Morgan fingerprint density at radius 3 is 1.62 bits per heavy atom. The van der Waals surface area contributed by atoms with Crippen LogP contribution in [0.4, 0.5) is 4.20 Å². The lowest BCUT2D eigenvalue weighted by Crippen LogP contribution is -2.18. The molecule has 1 unspecified atom stereocenters. The van der Waals surface area contributed by atoms with E-state index < -0.39 is 13.3 Å². The Morgan fingerprint density at radius 1 is 1.00 bits per heavy atom. The van der Waals surface area contributed by atoms with Gasteiger partial charge in [0.25, 0.3) is 0 Å². The number of halogens is 1. The molecule has 0 heterocycles. The predicted octanol–water partition coefficient (Wildman–Crippen LogP) is 5.03.